The van der Waals surface area contributed by atoms with Gasteiger partial charge in [-0.15, -0.1) is 0 Å². The lowest BCUT2D eigenvalue weighted by molar-refractivity contribution is 0.590. The molecule has 0 unspecified atom stereocenters. The Bertz CT molecular complexity index is 5420. The molecule has 0 aliphatic carbocycles. The lowest BCUT2D eigenvalue weighted by Gasteiger charge is -2.45. The van der Waals surface area contributed by atoms with Crippen molar-refractivity contribution in [1.29, 1.82) is 0 Å². The van der Waals surface area contributed by atoms with Crippen LogP contribution in [0.3, 0.4) is 0 Å². The van der Waals surface area contributed by atoms with Crippen LogP contribution in [0, 0.1) is 0 Å². The molecular formula is C92H69BN2O2. The van der Waals surface area contributed by atoms with Gasteiger partial charge in [-0.05, 0) is 178 Å². The Morgan fingerprint density at radius 1 is 0.247 bits per heavy atom. The minimum atomic E-state index is -0.468. The standard InChI is InChI=1S/C92H69BN2O2/c1-91(2,3)68-44-48-82-74(54-68)84-72(63-38-24-12-25-39-63)56-80-87(89(84)96-82)93-86-78(94(80)76-46-42-65(58-28-14-7-15-29-58)50-70(76)61-34-20-10-21-35-61)52-67(60-32-18-9-19-33-60)53-79(86)95(77-47-43-66(59-30-16-8-17-31-59)51-71(77)62-36-22-11-23-37-62)81-57-73(64-40-26-13-27-41-64)85-75-55-69(92(4,5)6)45-49-83(75)97-90(85)88(81)93/h7-57H,1-6H3. The molecule has 4 nitrogen and oxygen atoms in total. The van der Waals surface area contributed by atoms with E-state index in [0.717, 1.165) is 172 Å². The zero-order chi connectivity index (χ0) is 65.3. The van der Waals surface area contributed by atoms with Crippen LogP contribution >= 0.6 is 0 Å². The second kappa shape index (κ2) is 22.5. The van der Waals surface area contributed by atoms with Gasteiger partial charge in [0.15, 0.2) is 0 Å². The van der Waals surface area contributed by atoms with Gasteiger partial charge in [-0.1, -0.05) is 278 Å². The van der Waals surface area contributed by atoms with Crippen LogP contribution in [0.2, 0.25) is 0 Å². The molecule has 4 heterocycles. The normalized spacial score (nSPS) is 12.8. The van der Waals surface area contributed by atoms with Gasteiger partial charge in [-0.3, -0.25) is 0 Å². The topological polar surface area (TPSA) is 32.8 Å². The largest absolute Gasteiger partial charge is 0.456 e. The van der Waals surface area contributed by atoms with Gasteiger partial charge in [0.05, 0.1) is 11.4 Å². The molecule has 97 heavy (non-hydrogen) atoms. The number of rotatable bonds is 9. The highest BCUT2D eigenvalue weighted by molar-refractivity contribution is 7.03. The molecular weight excluding hydrogens is 1180 g/mol. The molecule has 0 amide bonds. The van der Waals surface area contributed by atoms with Crippen LogP contribution < -0.4 is 26.2 Å². The first-order valence-corrected chi connectivity index (χ1v) is 33.9. The van der Waals surface area contributed by atoms with Gasteiger partial charge < -0.3 is 18.6 Å². The Hall–Kier alpha value is -11.7. The Morgan fingerprint density at radius 3 is 0.897 bits per heavy atom. The SMILES string of the molecule is CC(C)(C)c1ccc2oc3c4c(cc(-c5ccccc5)c3c2c1)N(c1ccc(-c2ccccc2)cc1-c1ccccc1)c1cc(-c2ccccc2)cc2c1B4c1c(cc(-c3ccccc3)c3c1oc1ccc(C(C)(C)C)cc13)N2c1ccc(-c2ccccc2)cc1-c1ccccc1. The van der Waals surface area contributed by atoms with Crippen molar-refractivity contribution in [3.8, 4) is 77.9 Å². The number of fused-ring (bicyclic) bond motifs is 12. The maximum absolute atomic E-state index is 7.87. The third-order valence-electron chi connectivity index (χ3n) is 20.4. The molecule has 0 saturated carbocycles. The summed E-state index contributed by atoms with van der Waals surface area (Å²) in [5.41, 5.74) is 30.7. The molecule has 2 aromatic heterocycles. The van der Waals surface area contributed by atoms with E-state index in [1.54, 1.807) is 0 Å². The molecule has 5 heteroatoms. The molecule has 0 spiro atoms. The van der Waals surface area contributed by atoms with Crippen molar-refractivity contribution in [2.24, 2.45) is 0 Å². The molecule has 0 radical (unpaired) electrons. The fourth-order valence-electron chi connectivity index (χ4n) is 15.5. The van der Waals surface area contributed by atoms with Crippen LogP contribution in [0.5, 0.6) is 0 Å². The van der Waals surface area contributed by atoms with E-state index in [1.807, 2.05) is 0 Å². The van der Waals surface area contributed by atoms with Crippen LogP contribution in [0.25, 0.3) is 122 Å². The summed E-state index contributed by atoms with van der Waals surface area (Å²) in [6.45, 7) is 13.4. The molecule has 462 valence electrons. The van der Waals surface area contributed by atoms with Crippen molar-refractivity contribution in [3.63, 3.8) is 0 Å². The number of anilines is 6. The van der Waals surface area contributed by atoms with Crippen LogP contribution in [-0.2, 0) is 10.8 Å². The number of benzene rings is 14. The molecule has 0 fully saturated rings. The van der Waals surface area contributed by atoms with Gasteiger partial charge in [-0.25, -0.2) is 0 Å². The number of furan rings is 2. The number of hydrogen-bond acceptors (Lipinski definition) is 4. The summed E-state index contributed by atoms with van der Waals surface area (Å²) in [6.07, 6.45) is 0. The van der Waals surface area contributed by atoms with Gasteiger partial charge >= 0.3 is 0 Å². The summed E-state index contributed by atoms with van der Waals surface area (Å²) in [4.78, 5) is 5.22. The smallest absolute Gasteiger partial charge is 0.261 e. The molecule has 16 aromatic rings. The summed E-state index contributed by atoms with van der Waals surface area (Å²) >= 11 is 0. The van der Waals surface area contributed by atoms with E-state index in [0.29, 0.717) is 0 Å². The van der Waals surface area contributed by atoms with E-state index in [1.165, 1.54) is 11.1 Å². The zero-order valence-corrected chi connectivity index (χ0v) is 55.2. The Balaban J connectivity index is 1.07. The van der Waals surface area contributed by atoms with Gasteiger partial charge in [0.2, 0.25) is 0 Å². The monoisotopic (exact) mass is 1240 g/mol. The first-order chi connectivity index (χ1) is 47.4. The molecule has 2 aliphatic heterocycles. The average molecular weight is 1250 g/mol. The van der Waals surface area contributed by atoms with Crippen molar-refractivity contribution >= 4 is 101 Å². The molecule has 0 bridgehead atoms. The molecule has 18 rings (SSSR count). The van der Waals surface area contributed by atoms with E-state index in [-0.39, 0.29) is 10.8 Å². The highest BCUT2D eigenvalue weighted by Gasteiger charge is 2.49. The third-order valence-corrected chi connectivity index (χ3v) is 20.4. The van der Waals surface area contributed by atoms with Crippen LogP contribution in [0.1, 0.15) is 52.7 Å². The summed E-state index contributed by atoms with van der Waals surface area (Å²) in [7, 11) is 0. The van der Waals surface area contributed by atoms with E-state index in [4.69, 9.17) is 8.83 Å². The molecule has 14 aromatic carbocycles. The highest BCUT2D eigenvalue weighted by Crippen LogP contribution is 2.55. The van der Waals surface area contributed by atoms with Crippen LogP contribution in [0.4, 0.5) is 34.1 Å². The Kier molecular flexibility index (Phi) is 13.4. The Morgan fingerprint density at radius 2 is 0.557 bits per heavy atom. The molecule has 2 aliphatic rings. The summed E-state index contributed by atoms with van der Waals surface area (Å²) in [5.74, 6) is 0. The van der Waals surface area contributed by atoms with Gasteiger partial charge in [0, 0.05) is 55.4 Å². The molecule has 0 N–H and O–H groups in total. The number of nitrogens with zero attached hydrogens (tertiary/aromatic N) is 2. The first-order valence-electron chi connectivity index (χ1n) is 33.9. The Labute approximate surface area is 567 Å². The van der Waals surface area contributed by atoms with Crippen molar-refractivity contribution in [2.75, 3.05) is 9.80 Å². The summed E-state index contributed by atoms with van der Waals surface area (Å²) < 4.78 is 15.7. The summed E-state index contributed by atoms with van der Waals surface area (Å²) in [6, 6.07) is 114. The predicted octanol–water partition coefficient (Wildman–Crippen LogP) is 23.8. The fourth-order valence-corrected chi connectivity index (χ4v) is 15.5. The van der Waals surface area contributed by atoms with E-state index < -0.39 is 6.71 Å². The molecule has 0 atom stereocenters. The first kappa shape index (κ1) is 58.0. The average Bonchev–Trinajstić information content (AvgIpc) is 1.63. The summed E-state index contributed by atoms with van der Waals surface area (Å²) in [5, 5.41) is 4.35. The van der Waals surface area contributed by atoms with Gasteiger partial charge in [0.1, 0.15) is 22.3 Å². The second-order valence-electron chi connectivity index (χ2n) is 28.3. The van der Waals surface area contributed by atoms with Gasteiger partial charge in [-0.2, -0.15) is 0 Å². The van der Waals surface area contributed by atoms with Crippen molar-refractivity contribution < 1.29 is 8.83 Å². The minimum Gasteiger partial charge on any atom is -0.456 e. The van der Waals surface area contributed by atoms with E-state index in [2.05, 4.69) is 361 Å². The third kappa shape index (κ3) is 9.58. The molecule has 0 saturated heterocycles. The van der Waals surface area contributed by atoms with Crippen molar-refractivity contribution in [3.05, 3.63) is 321 Å². The maximum Gasteiger partial charge on any atom is 0.261 e. The van der Waals surface area contributed by atoms with Crippen LogP contribution in [-0.4, -0.2) is 6.71 Å². The number of hydrogen-bond donors (Lipinski definition) is 0. The van der Waals surface area contributed by atoms with Gasteiger partial charge in [0.25, 0.3) is 6.71 Å². The lowest BCUT2D eigenvalue weighted by Crippen LogP contribution is -2.61. The minimum absolute atomic E-state index is 0.139. The van der Waals surface area contributed by atoms with E-state index in [9.17, 15) is 0 Å². The van der Waals surface area contributed by atoms with Crippen molar-refractivity contribution in [2.45, 2.75) is 52.4 Å². The zero-order valence-electron chi connectivity index (χ0n) is 55.2. The van der Waals surface area contributed by atoms with Crippen LogP contribution in [0.15, 0.2) is 318 Å². The lowest BCUT2D eigenvalue weighted by atomic mass is 9.33. The van der Waals surface area contributed by atoms with Crippen molar-refractivity contribution in [1.82, 2.24) is 0 Å². The maximum atomic E-state index is 7.87. The predicted molar refractivity (Wildman–Crippen MR) is 410 cm³/mol. The fraction of sp³-hybridized carbons (Fsp3) is 0.0870. The second-order valence-corrected chi connectivity index (χ2v) is 28.3. The highest BCUT2D eigenvalue weighted by atomic mass is 16.3. The van der Waals surface area contributed by atoms with E-state index >= 15 is 0 Å². The quantitative estimate of drug-likeness (QED) is 0.135.